The van der Waals surface area contributed by atoms with Crippen LogP contribution in [0, 0.1) is 6.92 Å². The molecule has 2 heterocycles. The molecule has 0 spiro atoms. The van der Waals surface area contributed by atoms with E-state index < -0.39 is 5.97 Å². The van der Waals surface area contributed by atoms with Crippen molar-refractivity contribution >= 4 is 11.5 Å². The number of rotatable bonds is 4. The van der Waals surface area contributed by atoms with Gasteiger partial charge in [-0.05, 0) is 12.5 Å². The maximum Gasteiger partial charge on any atom is 0.360 e. The van der Waals surface area contributed by atoms with Crippen molar-refractivity contribution in [2.45, 2.75) is 13.5 Å². The zero-order valence-corrected chi connectivity index (χ0v) is 12.7. The highest BCUT2D eigenvalue weighted by Crippen LogP contribution is 2.24. The van der Waals surface area contributed by atoms with E-state index in [2.05, 4.69) is 5.10 Å². The normalized spacial score (nSPS) is 10.9. The molecular weight excluding hydrogens is 298 g/mol. The summed E-state index contributed by atoms with van der Waals surface area (Å²) in [6, 6.07) is 9.30. The fourth-order valence-corrected chi connectivity index (χ4v) is 2.41. The average molecular weight is 313 g/mol. The van der Waals surface area contributed by atoms with Crippen LogP contribution in [0.1, 0.15) is 21.7 Å². The predicted molar refractivity (Wildman–Crippen MR) is 82.9 cm³/mol. The highest BCUT2D eigenvalue weighted by atomic mass is 16.5. The van der Waals surface area contributed by atoms with E-state index in [1.165, 1.54) is 9.08 Å². The summed E-state index contributed by atoms with van der Waals surface area (Å²) in [6.45, 7) is 1.89. The Bertz CT molecular complexity index is 941. The van der Waals surface area contributed by atoms with Crippen LogP contribution in [0.3, 0.4) is 0 Å². The van der Waals surface area contributed by atoms with Crippen molar-refractivity contribution in [2.75, 3.05) is 0 Å². The van der Waals surface area contributed by atoms with Gasteiger partial charge in [0.25, 0.3) is 5.56 Å². The first-order valence-corrected chi connectivity index (χ1v) is 6.98. The third-order valence-electron chi connectivity index (χ3n) is 3.51. The SMILES string of the molecule is Cc1cn(C)c(=O)c2c(OCc3ccccc3)c(C(=O)O)nn12. The van der Waals surface area contributed by atoms with Crippen LogP contribution in [0.15, 0.2) is 41.3 Å². The van der Waals surface area contributed by atoms with Crippen molar-refractivity contribution < 1.29 is 14.6 Å². The van der Waals surface area contributed by atoms with Gasteiger partial charge in [-0.2, -0.15) is 5.10 Å². The molecule has 3 aromatic rings. The van der Waals surface area contributed by atoms with Gasteiger partial charge in [0.05, 0.1) is 5.69 Å². The Balaban J connectivity index is 2.15. The van der Waals surface area contributed by atoms with Crippen LogP contribution in [0.2, 0.25) is 0 Å². The minimum atomic E-state index is -1.24. The van der Waals surface area contributed by atoms with E-state index in [-0.39, 0.29) is 29.1 Å². The van der Waals surface area contributed by atoms with Gasteiger partial charge in [0.15, 0.2) is 11.3 Å². The highest BCUT2D eigenvalue weighted by molar-refractivity contribution is 5.92. The molecule has 7 nitrogen and oxygen atoms in total. The summed E-state index contributed by atoms with van der Waals surface area (Å²) in [4.78, 5) is 23.8. The molecule has 0 saturated carbocycles. The standard InChI is InChI=1S/C16H15N3O4/c1-10-8-18(2)15(20)13-14(12(16(21)22)17-19(10)13)23-9-11-6-4-3-5-7-11/h3-8H,9H2,1-2H3,(H,21,22). The molecule has 0 saturated heterocycles. The zero-order chi connectivity index (χ0) is 16.6. The Labute approximate surface area is 131 Å². The third-order valence-corrected chi connectivity index (χ3v) is 3.51. The van der Waals surface area contributed by atoms with Gasteiger partial charge < -0.3 is 14.4 Å². The lowest BCUT2D eigenvalue weighted by Gasteiger charge is -2.07. The second-order valence-corrected chi connectivity index (χ2v) is 5.20. The molecule has 0 aliphatic carbocycles. The molecule has 1 aromatic carbocycles. The minimum absolute atomic E-state index is 0.00865. The number of aryl methyl sites for hydroxylation is 2. The molecule has 0 aliphatic heterocycles. The number of ether oxygens (including phenoxy) is 1. The second-order valence-electron chi connectivity index (χ2n) is 5.20. The van der Waals surface area contributed by atoms with Crippen LogP contribution in [0.4, 0.5) is 0 Å². The largest absolute Gasteiger partial charge is 0.484 e. The summed E-state index contributed by atoms with van der Waals surface area (Å²) < 4.78 is 8.35. The molecule has 0 radical (unpaired) electrons. The molecular formula is C16H15N3O4. The van der Waals surface area contributed by atoms with Gasteiger partial charge in [-0.1, -0.05) is 30.3 Å². The van der Waals surface area contributed by atoms with Gasteiger partial charge in [0, 0.05) is 13.2 Å². The minimum Gasteiger partial charge on any atom is -0.484 e. The molecule has 0 fully saturated rings. The highest BCUT2D eigenvalue weighted by Gasteiger charge is 2.24. The fraction of sp³-hybridized carbons (Fsp3) is 0.188. The first-order chi connectivity index (χ1) is 11.0. The number of carboxylic acid groups (broad SMARTS) is 1. The average Bonchev–Trinajstić information content (AvgIpc) is 2.92. The molecule has 0 aliphatic rings. The lowest BCUT2D eigenvalue weighted by atomic mass is 10.2. The topological polar surface area (TPSA) is 85.8 Å². The first kappa shape index (κ1) is 14.8. The Kier molecular flexibility index (Phi) is 3.61. The molecule has 23 heavy (non-hydrogen) atoms. The number of hydrogen-bond acceptors (Lipinski definition) is 4. The van der Waals surface area contributed by atoms with Crippen LogP contribution >= 0.6 is 0 Å². The van der Waals surface area contributed by atoms with Gasteiger partial charge in [0.2, 0.25) is 5.69 Å². The van der Waals surface area contributed by atoms with Crippen LogP contribution < -0.4 is 10.3 Å². The van der Waals surface area contributed by atoms with Gasteiger partial charge in [-0.3, -0.25) is 4.79 Å². The lowest BCUT2D eigenvalue weighted by molar-refractivity contribution is 0.0685. The molecule has 0 unspecified atom stereocenters. The number of fused-ring (bicyclic) bond motifs is 1. The van der Waals surface area contributed by atoms with Gasteiger partial charge in [-0.15, -0.1) is 0 Å². The van der Waals surface area contributed by atoms with E-state index in [1.807, 2.05) is 30.3 Å². The number of hydrogen-bond donors (Lipinski definition) is 1. The van der Waals surface area contributed by atoms with E-state index in [1.54, 1.807) is 20.2 Å². The van der Waals surface area contributed by atoms with Crippen LogP contribution in [0.5, 0.6) is 5.75 Å². The molecule has 3 rings (SSSR count). The lowest BCUT2D eigenvalue weighted by Crippen LogP contribution is -2.20. The van der Waals surface area contributed by atoms with Crippen molar-refractivity contribution in [2.24, 2.45) is 7.05 Å². The Morgan fingerprint density at radius 2 is 2.00 bits per heavy atom. The molecule has 7 heteroatoms. The van der Waals surface area contributed by atoms with E-state index in [4.69, 9.17) is 4.74 Å². The summed E-state index contributed by atoms with van der Waals surface area (Å²) >= 11 is 0. The van der Waals surface area contributed by atoms with Crippen molar-refractivity contribution in [3.8, 4) is 5.75 Å². The monoisotopic (exact) mass is 313 g/mol. The Morgan fingerprint density at radius 1 is 1.30 bits per heavy atom. The summed E-state index contributed by atoms with van der Waals surface area (Å²) in [5.41, 5.74) is 0.999. The molecule has 2 aromatic heterocycles. The number of nitrogens with zero attached hydrogens (tertiary/aromatic N) is 3. The van der Waals surface area contributed by atoms with Crippen LogP contribution in [-0.2, 0) is 13.7 Å². The van der Waals surface area contributed by atoms with Gasteiger partial charge >= 0.3 is 5.97 Å². The number of carboxylic acids is 1. The van der Waals surface area contributed by atoms with E-state index in [9.17, 15) is 14.7 Å². The number of aromatic nitrogens is 3. The Hall–Kier alpha value is -3.09. The predicted octanol–water partition coefficient (Wildman–Crippen LogP) is 1.62. The van der Waals surface area contributed by atoms with Crippen molar-refractivity contribution in [1.29, 1.82) is 0 Å². The van der Waals surface area contributed by atoms with Crippen LogP contribution in [-0.4, -0.2) is 25.3 Å². The summed E-state index contributed by atoms with van der Waals surface area (Å²) in [6.07, 6.45) is 1.59. The van der Waals surface area contributed by atoms with Crippen LogP contribution in [0.25, 0.3) is 5.52 Å². The maximum atomic E-state index is 12.4. The van der Waals surface area contributed by atoms with E-state index >= 15 is 0 Å². The van der Waals surface area contributed by atoms with Gasteiger partial charge in [0.1, 0.15) is 6.61 Å². The van der Waals surface area contributed by atoms with Gasteiger partial charge in [-0.25, -0.2) is 9.31 Å². The Morgan fingerprint density at radius 3 is 2.65 bits per heavy atom. The molecule has 0 amide bonds. The summed E-state index contributed by atoms with van der Waals surface area (Å²) in [7, 11) is 1.60. The van der Waals surface area contributed by atoms with E-state index in [0.717, 1.165) is 5.56 Å². The quantitative estimate of drug-likeness (QED) is 0.791. The number of aromatic carboxylic acids is 1. The van der Waals surface area contributed by atoms with E-state index in [0.29, 0.717) is 5.69 Å². The van der Waals surface area contributed by atoms with Crippen molar-refractivity contribution in [3.63, 3.8) is 0 Å². The first-order valence-electron chi connectivity index (χ1n) is 6.98. The molecule has 0 bridgehead atoms. The van der Waals surface area contributed by atoms with Crippen molar-refractivity contribution in [1.82, 2.24) is 14.2 Å². The van der Waals surface area contributed by atoms with Crippen molar-refractivity contribution in [3.05, 3.63) is 63.8 Å². The summed E-state index contributed by atoms with van der Waals surface area (Å²) in [5.74, 6) is -1.25. The third kappa shape index (κ3) is 2.57. The smallest absolute Gasteiger partial charge is 0.360 e. The molecule has 0 atom stereocenters. The molecule has 1 N–H and O–H groups in total. The zero-order valence-electron chi connectivity index (χ0n) is 12.7. The second kappa shape index (κ2) is 5.60. The summed E-state index contributed by atoms with van der Waals surface area (Å²) in [5, 5.41) is 13.4. The number of benzene rings is 1. The molecule has 118 valence electrons. The number of carbonyl (C=O) groups is 1. The fourth-order valence-electron chi connectivity index (χ4n) is 2.41. The maximum absolute atomic E-state index is 12.4.